The van der Waals surface area contributed by atoms with Crippen LogP contribution in [0, 0.1) is 0 Å². The first-order valence-electron chi connectivity index (χ1n) is 7.74. The third-order valence-corrected chi connectivity index (χ3v) is 5.25. The predicted octanol–water partition coefficient (Wildman–Crippen LogP) is 3.30. The molecule has 0 aliphatic heterocycles. The molecule has 3 nitrogen and oxygen atoms in total. The Morgan fingerprint density at radius 1 is 1.35 bits per heavy atom. The topological polar surface area (TPSA) is 49.3 Å². The summed E-state index contributed by atoms with van der Waals surface area (Å²) in [6.07, 6.45) is 6.39. The molecule has 0 unspecified atom stereocenters. The predicted molar refractivity (Wildman–Crippen MR) is 83.4 cm³/mol. The summed E-state index contributed by atoms with van der Waals surface area (Å²) in [4.78, 5) is 14.5. The Hall–Kier alpha value is -0.870. The normalized spacial score (nSPS) is 22.8. The van der Waals surface area contributed by atoms with E-state index in [1.54, 1.807) is 11.3 Å². The van der Waals surface area contributed by atoms with Crippen LogP contribution in [-0.2, 0) is 12.8 Å². The summed E-state index contributed by atoms with van der Waals surface area (Å²) in [7, 11) is 0. The van der Waals surface area contributed by atoms with Crippen molar-refractivity contribution in [2.75, 3.05) is 0 Å². The zero-order valence-corrected chi connectivity index (χ0v) is 13.3. The van der Waals surface area contributed by atoms with Gasteiger partial charge in [0.25, 0.3) is 5.91 Å². The zero-order valence-electron chi connectivity index (χ0n) is 12.4. The number of carbonyl (C=O) groups is 1. The first-order chi connectivity index (χ1) is 9.63. The van der Waals surface area contributed by atoms with Gasteiger partial charge < -0.3 is 10.4 Å². The van der Waals surface area contributed by atoms with Gasteiger partial charge in [0, 0.05) is 10.9 Å². The fourth-order valence-electron chi connectivity index (χ4n) is 2.79. The van der Waals surface area contributed by atoms with Gasteiger partial charge in [0.1, 0.15) is 0 Å². The molecule has 0 saturated heterocycles. The molecular formula is C16H25NO2S. The Bertz CT molecular complexity index is 447. The van der Waals surface area contributed by atoms with Gasteiger partial charge in [-0.2, -0.15) is 0 Å². The van der Waals surface area contributed by atoms with Gasteiger partial charge in [-0.15, -0.1) is 11.3 Å². The molecule has 1 amide bonds. The van der Waals surface area contributed by atoms with Gasteiger partial charge in [0.2, 0.25) is 0 Å². The Kier molecular flexibility index (Phi) is 5.61. The molecule has 1 saturated carbocycles. The van der Waals surface area contributed by atoms with Crippen molar-refractivity contribution in [3.63, 3.8) is 0 Å². The lowest BCUT2D eigenvalue weighted by Gasteiger charge is -2.25. The second-order valence-corrected chi connectivity index (χ2v) is 6.78. The molecule has 112 valence electrons. The van der Waals surface area contributed by atoms with Gasteiger partial charge >= 0.3 is 0 Å². The average Bonchev–Trinajstić information content (AvgIpc) is 2.85. The van der Waals surface area contributed by atoms with Crippen LogP contribution in [0.15, 0.2) is 6.07 Å². The number of thiophene rings is 1. The van der Waals surface area contributed by atoms with Crippen LogP contribution < -0.4 is 5.32 Å². The van der Waals surface area contributed by atoms with Crippen LogP contribution >= 0.6 is 11.3 Å². The molecule has 0 spiro atoms. The fourth-order valence-corrected chi connectivity index (χ4v) is 4.05. The molecule has 1 fully saturated rings. The molecule has 0 radical (unpaired) electrons. The van der Waals surface area contributed by atoms with Crippen LogP contribution in [0.4, 0.5) is 0 Å². The molecule has 20 heavy (non-hydrogen) atoms. The first kappa shape index (κ1) is 15.5. The number of aliphatic hydroxyl groups excluding tert-OH is 1. The van der Waals surface area contributed by atoms with E-state index in [9.17, 15) is 9.90 Å². The molecular weight excluding hydrogens is 270 g/mol. The highest BCUT2D eigenvalue weighted by Gasteiger charge is 2.22. The number of aliphatic hydroxyl groups is 1. The Morgan fingerprint density at radius 3 is 2.65 bits per heavy atom. The van der Waals surface area contributed by atoms with E-state index >= 15 is 0 Å². The minimum atomic E-state index is -0.173. The minimum Gasteiger partial charge on any atom is -0.393 e. The van der Waals surface area contributed by atoms with Crippen LogP contribution in [-0.4, -0.2) is 23.2 Å². The fraction of sp³-hybridized carbons (Fsp3) is 0.688. The van der Waals surface area contributed by atoms with E-state index in [0.29, 0.717) is 0 Å². The van der Waals surface area contributed by atoms with Gasteiger partial charge in [-0.3, -0.25) is 4.79 Å². The van der Waals surface area contributed by atoms with E-state index in [1.807, 2.05) is 0 Å². The van der Waals surface area contributed by atoms with Crippen LogP contribution in [0.1, 0.15) is 66.1 Å². The summed E-state index contributed by atoms with van der Waals surface area (Å²) in [5.74, 6) is 0.0634. The maximum atomic E-state index is 12.3. The molecule has 2 rings (SSSR count). The number of hydrogen-bond acceptors (Lipinski definition) is 3. The molecule has 4 heteroatoms. The second kappa shape index (κ2) is 7.23. The van der Waals surface area contributed by atoms with Crippen molar-refractivity contribution in [3.8, 4) is 0 Å². The van der Waals surface area contributed by atoms with Crippen molar-refractivity contribution in [1.82, 2.24) is 5.32 Å². The first-order valence-corrected chi connectivity index (χ1v) is 8.56. The van der Waals surface area contributed by atoms with E-state index in [1.165, 1.54) is 10.4 Å². The van der Waals surface area contributed by atoms with Crippen molar-refractivity contribution >= 4 is 17.2 Å². The number of carbonyl (C=O) groups excluding carboxylic acids is 1. The monoisotopic (exact) mass is 295 g/mol. The highest BCUT2D eigenvalue weighted by molar-refractivity contribution is 7.14. The molecule has 1 aliphatic carbocycles. The highest BCUT2D eigenvalue weighted by atomic mass is 32.1. The Balaban J connectivity index is 1.98. The highest BCUT2D eigenvalue weighted by Crippen LogP contribution is 2.25. The lowest BCUT2D eigenvalue weighted by molar-refractivity contribution is 0.0871. The quantitative estimate of drug-likeness (QED) is 0.875. The maximum Gasteiger partial charge on any atom is 0.261 e. The van der Waals surface area contributed by atoms with E-state index in [-0.39, 0.29) is 18.1 Å². The van der Waals surface area contributed by atoms with Gasteiger partial charge in [0.15, 0.2) is 0 Å². The van der Waals surface area contributed by atoms with Crippen molar-refractivity contribution in [2.45, 2.75) is 70.9 Å². The van der Waals surface area contributed by atoms with Crippen LogP contribution in [0.25, 0.3) is 0 Å². The van der Waals surface area contributed by atoms with Gasteiger partial charge in [-0.1, -0.05) is 20.3 Å². The van der Waals surface area contributed by atoms with Crippen molar-refractivity contribution < 1.29 is 9.90 Å². The maximum absolute atomic E-state index is 12.3. The summed E-state index contributed by atoms with van der Waals surface area (Å²) >= 11 is 1.64. The number of amides is 1. The molecule has 0 aromatic carbocycles. The van der Waals surface area contributed by atoms with E-state index in [4.69, 9.17) is 0 Å². The van der Waals surface area contributed by atoms with E-state index in [0.717, 1.165) is 49.8 Å². The van der Waals surface area contributed by atoms with Crippen molar-refractivity contribution in [2.24, 2.45) is 0 Å². The Labute approximate surface area is 125 Å². The number of aryl methyl sites for hydroxylation is 2. The smallest absolute Gasteiger partial charge is 0.261 e. The minimum absolute atomic E-state index is 0.0634. The summed E-state index contributed by atoms with van der Waals surface area (Å²) in [5, 5.41) is 12.6. The van der Waals surface area contributed by atoms with Crippen molar-refractivity contribution in [3.05, 3.63) is 21.4 Å². The number of rotatable bonds is 5. The summed E-state index contributed by atoms with van der Waals surface area (Å²) in [6.45, 7) is 4.32. The second-order valence-electron chi connectivity index (χ2n) is 5.64. The van der Waals surface area contributed by atoms with Gasteiger partial charge in [-0.05, 0) is 50.2 Å². The van der Waals surface area contributed by atoms with Crippen molar-refractivity contribution in [1.29, 1.82) is 0 Å². The Morgan fingerprint density at radius 2 is 2.05 bits per heavy atom. The lowest BCUT2D eigenvalue weighted by Crippen LogP contribution is -2.38. The summed E-state index contributed by atoms with van der Waals surface area (Å²) < 4.78 is 0. The van der Waals surface area contributed by atoms with E-state index in [2.05, 4.69) is 25.2 Å². The summed E-state index contributed by atoms with van der Waals surface area (Å²) in [6, 6.07) is 2.29. The van der Waals surface area contributed by atoms with Crippen LogP contribution in [0.5, 0.6) is 0 Å². The van der Waals surface area contributed by atoms with Crippen LogP contribution in [0.3, 0.4) is 0 Å². The SMILES string of the molecule is CCCc1sc(C(=O)NC2CCC(O)CC2)cc1CC. The average molecular weight is 295 g/mol. The molecule has 0 atom stereocenters. The molecule has 1 heterocycles. The standard InChI is InChI=1S/C16H25NO2S/c1-3-5-14-11(4-2)10-15(20-14)16(19)17-12-6-8-13(18)9-7-12/h10,12-13,18H,3-9H2,1-2H3,(H,17,19). The molecule has 2 N–H and O–H groups in total. The third kappa shape index (κ3) is 3.83. The van der Waals surface area contributed by atoms with E-state index < -0.39 is 0 Å². The molecule has 1 aromatic heterocycles. The van der Waals surface area contributed by atoms with Gasteiger partial charge in [-0.25, -0.2) is 0 Å². The lowest BCUT2D eigenvalue weighted by atomic mass is 9.93. The van der Waals surface area contributed by atoms with Gasteiger partial charge in [0.05, 0.1) is 11.0 Å². The summed E-state index contributed by atoms with van der Waals surface area (Å²) in [5.41, 5.74) is 1.32. The zero-order chi connectivity index (χ0) is 14.5. The molecule has 0 bridgehead atoms. The number of nitrogens with one attached hydrogen (secondary N) is 1. The number of hydrogen-bond donors (Lipinski definition) is 2. The largest absolute Gasteiger partial charge is 0.393 e. The third-order valence-electron chi connectivity index (χ3n) is 4.01. The van der Waals surface area contributed by atoms with Crippen LogP contribution in [0.2, 0.25) is 0 Å². The molecule has 1 aliphatic rings. The molecule has 1 aromatic rings.